The maximum absolute atomic E-state index is 13.3. The van der Waals surface area contributed by atoms with Gasteiger partial charge in [0.05, 0.1) is 5.71 Å². The van der Waals surface area contributed by atoms with E-state index in [9.17, 15) is 4.39 Å². The Morgan fingerprint density at radius 2 is 1.81 bits per heavy atom. The first-order chi connectivity index (χ1) is 10.2. The van der Waals surface area contributed by atoms with E-state index < -0.39 is 5.82 Å². The van der Waals surface area contributed by atoms with Crippen LogP contribution in [0.1, 0.15) is 12.5 Å². The second-order valence-corrected chi connectivity index (χ2v) is 4.34. The quantitative estimate of drug-likeness (QED) is 0.383. The van der Waals surface area contributed by atoms with Crippen LogP contribution in [0.15, 0.2) is 53.7 Å². The van der Waals surface area contributed by atoms with Gasteiger partial charge < -0.3 is 14.7 Å². The SMILES string of the molecule is CC(=NO)c1ccc(F)cc1OCCOc1ccccc1. The highest BCUT2D eigenvalue weighted by Crippen LogP contribution is 2.21. The van der Waals surface area contributed by atoms with Gasteiger partial charge in [0.25, 0.3) is 0 Å². The number of hydrogen-bond acceptors (Lipinski definition) is 4. The summed E-state index contributed by atoms with van der Waals surface area (Å²) < 4.78 is 24.3. The van der Waals surface area contributed by atoms with E-state index in [1.54, 1.807) is 6.92 Å². The van der Waals surface area contributed by atoms with Crippen LogP contribution in [0.3, 0.4) is 0 Å². The van der Waals surface area contributed by atoms with Crippen LogP contribution in [0.25, 0.3) is 0 Å². The number of benzene rings is 2. The summed E-state index contributed by atoms with van der Waals surface area (Å²) in [5.74, 6) is 0.652. The van der Waals surface area contributed by atoms with Crippen molar-refractivity contribution in [2.45, 2.75) is 6.92 Å². The van der Waals surface area contributed by atoms with Crippen LogP contribution >= 0.6 is 0 Å². The fraction of sp³-hybridized carbons (Fsp3) is 0.188. The standard InChI is InChI=1S/C16H16FNO3/c1-12(18-19)15-8-7-13(17)11-16(15)21-10-9-20-14-5-3-2-4-6-14/h2-8,11,19H,9-10H2,1H3. The van der Waals surface area contributed by atoms with Crippen LogP contribution in [-0.2, 0) is 0 Å². The van der Waals surface area contributed by atoms with E-state index in [0.29, 0.717) is 23.6 Å². The molecule has 2 aromatic carbocycles. The van der Waals surface area contributed by atoms with E-state index in [0.717, 1.165) is 5.75 Å². The van der Waals surface area contributed by atoms with Crippen molar-refractivity contribution in [3.8, 4) is 11.5 Å². The Balaban J connectivity index is 1.95. The highest BCUT2D eigenvalue weighted by Gasteiger charge is 2.09. The van der Waals surface area contributed by atoms with Crippen molar-refractivity contribution >= 4 is 5.71 Å². The van der Waals surface area contributed by atoms with Gasteiger partial charge in [-0.25, -0.2) is 4.39 Å². The van der Waals surface area contributed by atoms with Gasteiger partial charge in [0.1, 0.15) is 30.5 Å². The number of hydrogen-bond donors (Lipinski definition) is 1. The average Bonchev–Trinajstić information content (AvgIpc) is 2.52. The summed E-state index contributed by atoms with van der Waals surface area (Å²) in [6, 6.07) is 13.4. The molecule has 0 unspecified atom stereocenters. The molecule has 0 aliphatic carbocycles. The topological polar surface area (TPSA) is 51.1 Å². The lowest BCUT2D eigenvalue weighted by Crippen LogP contribution is -2.11. The smallest absolute Gasteiger partial charge is 0.131 e. The normalized spacial score (nSPS) is 11.2. The molecular weight excluding hydrogens is 273 g/mol. The third-order valence-electron chi connectivity index (χ3n) is 2.84. The van der Waals surface area contributed by atoms with E-state index in [4.69, 9.17) is 14.7 Å². The number of para-hydroxylation sites is 1. The summed E-state index contributed by atoms with van der Waals surface area (Å²) in [4.78, 5) is 0. The molecule has 5 heteroatoms. The van der Waals surface area contributed by atoms with Gasteiger partial charge in [-0.3, -0.25) is 0 Å². The van der Waals surface area contributed by atoms with E-state index in [2.05, 4.69) is 5.16 Å². The second-order valence-electron chi connectivity index (χ2n) is 4.34. The minimum absolute atomic E-state index is 0.254. The van der Waals surface area contributed by atoms with Crippen LogP contribution in [0, 0.1) is 5.82 Å². The van der Waals surface area contributed by atoms with Gasteiger partial charge in [0, 0.05) is 11.6 Å². The highest BCUT2D eigenvalue weighted by molar-refractivity contribution is 6.00. The van der Waals surface area contributed by atoms with Crippen molar-refractivity contribution in [2.75, 3.05) is 13.2 Å². The molecule has 0 amide bonds. The summed E-state index contributed by atoms with van der Waals surface area (Å²) in [5.41, 5.74) is 0.896. The Kier molecular flexibility index (Phi) is 5.15. The minimum Gasteiger partial charge on any atom is -0.490 e. The lowest BCUT2D eigenvalue weighted by molar-refractivity contribution is 0.216. The molecule has 0 fully saturated rings. The summed E-state index contributed by atoms with van der Waals surface area (Å²) in [6.45, 7) is 2.19. The lowest BCUT2D eigenvalue weighted by atomic mass is 10.1. The molecule has 0 atom stereocenters. The molecule has 0 radical (unpaired) electrons. The Bertz CT molecular complexity index is 614. The predicted octanol–water partition coefficient (Wildman–Crippen LogP) is 3.48. The molecule has 0 heterocycles. The van der Waals surface area contributed by atoms with Crippen LogP contribution < -0.4 is 9.47 Å². The Morgan fingerprint density at radius 1 is 1.10 bits per heavy atom. The van der Waals surface area contributed by atoms with E-state index in [1.807, 2.05) is 30.3 Å². The maximum atomic E-state index is 13.3. The summed E-state index contributed by atoms with van der Waals surface area (Å²) >= 11 is 0. The molecule has 0 aliphatic rings. The first-order valence-electron chi connectivity index (χ1n) is 6.50. The molecule has 0 spiro atoms. The molecule has 110 valence electrons. The number of ether oxygens (including phenoxy) is 2. The number of oxime groups is 1. The van der Waals surface area contributed by atoms with Gasteiger partial charge in [-0.15, -0.1) is 0 Å². The van der Waals surface area contributed by atoms with Crippen molar-refractivity contribution in [1.82, 2.24) is 0 Å². The first-order valence-corrected chi connectivity index (χ1v) is 6.50. The maximum Gasteiger partial charge on any atom is 0.131 e. The van der Waals surface area contributed by atoms with Crippen LogP contribution in [0.5, 0.6) is 11.5 Å². The van der Waals surface area contributed by atoms with Crippen molar-refractivity contribution < 1.29 is 19.1 Å². The van der Waals surface area contributed by atoms with Gasteiger partial charge in [0.2, 0.25) is 0 Å². The number of halogens is 1. The van der Waals surface area contributed by atoms with Crippen LogP contribution in [0.4, 0.5) is 4.39 Å². The zero-order chi connectivity index (χ0) is 15.1. The van der Waals surface area contributed by atoms with Gasteiger partial charge in [-0.05, 0) is 31.2 Å². The van der Waals surface area contributed by atoms with Crippen LogP contribution in [0.2, 0.25) is 0 Å². The van der Waals surface area contributed by atoms with Crippen molar-refractivity contribution in [2.24, 2.45) is 5.16 Å². The van der Waals surface area contributed by atoms with Crippen LogP contribution in [-0.4, -0.2) is 24.1 Å². The zero-order valence-corrected chi connectivity index (χ0v) is 11.6. The molecule has 0 saturated carbocycles. The van der Waals surface area contributed by atoms with Crippen molar-refractivity contribution in [3.63, 3.8) is 0 Å². The third kappa shape index (κ3) is 4.21. The van der Waals surface area contributed by atoms with E-state index in [-0.39, 0.29) is 6.61 Å². The molecule has 0 saturated heterocycles. The fourth-order valence-corrected chi connectivity index (χ4v) is 1.80. The first kappa shape index (κ1) is 14.8. The molecule has 2 aromatic rings. The Labute approximate surface area is 122 Å². The Morgan fingerprint density at radius 3 is 2.52 bits per heavy atom. The summed E-state index contributed by atoms with van der Waals surface area (Å²) in [5, 5.41) is 11.9. The van der Waals surface area contributed by atoms with Gasteiger partial charge in [-0.1, -0.05) is 23.4 Å². The highest BCUT2D eigenvalue weighted by atomic mass is 19.1. The largest absolute Gasteiger partial charge is 0.490 e. The number of nitrogens with zero attached hydrogens (tertiary/aromatic N) is 1. The van der Waals surface area contributed by atoms with Gasteiger partial charge in [-0.2, -0.15) is 0 Å². The molecule has 4 nitrogen and oxygen atoms in total. The minimum atomic E-state index is -0.413. The zero-order valence-electron chi connectivity index (χ0n) is 11.6. The van der Waals surface area contributed by atoms with Gasteiger partial charge >= 0.3 is 0 Å². The molecule has 0 aromatic heterocycles. The Hall–Kier alpha value is -2.56. The molecule has 0 bridgehead atoms. The molecule has 2 rings (SSSR count). The van der Waals surface area contributed by atoms with E-state index in [1.165, 1.54) is 18.2 Å². The number of rotatable bonds is 6. The molecule has 1 N–H and O–H groups in total. The monoisotopic (exact) mass is 289 g/mol. The fourth-order valence-electron chi connectivity index (χ4n) is 1.80. The second kappa shape index (κ2) is 7.28. The molecular formula is C16H16FNO3. The predicted molar refractivity (Wildman–Crippen MR) is 77.8 cm³/mol. The third-order valence-corrected chi connectivity index (χ3v) is 2.84. The average molecular weight is 289 g/mol. The van der Waals surface area contributed by atoms with E-state index >= 15 is 0 Å². The molecule has 21 heavy (non-hydrogen) atoms. The summed E-state index contributed by atoms with van der Waals surface area (Å²) in [6.07, 6.45) is 0. The van der Waals surface area contributed by atoms with Gasteiger partial charge in [0.15, 0.2) is 0 Å². The van der Waals surface area contributed by atoms with Crippen molar-refractivity contribution in [1.29, 1.82) is 0 Å². The van der Waals surface area contributed by atoms with Crippen molar-refractivity contribution in [3.05, 3.63) is 59.9 Å². The summed E-state index contributed by atoms with van der Waals surface area (Å²) in [7, 11) is 0. The lowest BCUT2D eigenvalue weighted by Gasteiger charge is -2.11. The molecule has 0 aliphatic heterocycles.